The van der Waals surface area contributed by atoms with E-state index < -0.39 is 0 Å². The zero-order chi connectivity index (χ0) is 13.8. The van der Waals surface area contributed by atoms with Gasteiger partial charge < -0.3 is 16.0 Å². The standard InChI is InChI=1S/C15H16N4/c1-19(2)14-7-5-12(6-8-14)18-13-4-3-11(10-16)15(17)9-13/h3-9,18H,17H2,1-2H3. The fraction of sp³-hybridized carbons (Fsp3) is 0.133. The number of nitrogens with zero attached hydrogens (tertiary/aromatic N) is 2. The first-order valence-electron chi connectivity index (χ1n) is 5.94. The number of rotatable bonds is 3. The van der Waals surface area contributed by atoms with Crippen LogP contribution in [0.1, 0.15) is 5.56 Å². The summed E-state index contributed by atoms with van der Waals surface area (Å²) in [5.74, 6) is 0. The molecule has 0 aliphatic carbocycles. The molecule has 0 amide bonds. The van der Waals surface area contributed by atoms with Gasteiger partial charge in [0.15, 0.2) is 0 Å². The molecule has 0 aromatic heterocycles. The van der Waals surface area contributed by atoms with Gasteiger partial charge in [-0.15, -0.1) is 0 Å². The van der Waals surface area contributed by atoms with Crippen molar-refractivity contribution in [2.45, 2.75) is 0 Å². The van der Waals surface area contributed by atoms with E-state index in [1.165, 1.54) is 0 Å². The smallest absolute Gasteiger partial charge is 0.101 e. The van der Waals surface area contributed by atoms with Crippen molar-refractivity contribution in [3.63, 3.8) is 0 Å². The molecule has 0 atom stereocenters. The van der Waals surface area contributed by atoms with Gasteiger partial charge in [0.2, 0.25) is 0 Å². The average molecular weight is 252 g/mol. The van der Waals surface area contributed by atoms with Crippen LogP contribution < -0.4 is 16.0 Å². The number of benzene rings is 2. The number of nitrogens with two attached hydrogens (primary N) is 1. The second-order valence-corrected chi connectivity index (χ2v) is 4.48. The minimum Gasteiger partial charge on any atom is -0.398 e. The number of hydrogen-bond acceptors (Lipinski definition) is 4. The van der Waals surface area contributed by atoms with Crippen LogP contribution >= 0.6 is 0 Å². The third-order valence-electron chi connectivity index (χ3n) is 2.84. The van der Waals surface area contributed by atoms with E-state index >= 15 is 0 Å². The summed E-state index contributed by atoms with van der Waals surface area (Å²) in [7, 11) is 4.01. The van der Waals surface area contributed by atoms with E-state index in [-0.39, 0.29) is 0 Å². The molecule has 0 saturated carbocycles. The molecule has 0 heterocycles. The van der Waals surface area contributed by atoms with Crippen molar-refractivity contribution in [2.24, 2.45) is 0 Å². The van der Waals surface area contributed by atoms with Gasteiger partial charge in [-0.1, -0.05) is 0 Å². The molecule has 4 heteroatoms. The van der Waals surface area contributed by atoms with Gasteiger partial charge in [0, 0.05) is 31.2 Å². The average Bonchev–Trinajstić information content (AvgIpc) is 2.39. The molecule has 0 aliphatic heterocycles. The summed E-state index contributed by atoms with van der Waals surface area (Å²) in [6.07, 6.45) is 0. The third-order valence-corrected chi connectivity index (χ3v) is 2.84. The first-order valence-corrected chi connectivity index (χ1v) is 5.94. The van der Waals surface area contributed by atoms with Crippen molar-refractivity contribution in [1.82, 2.24) is 0 Å². The van der Waals surface area contributed by atoms with Crippen molar-refractivity contribution in [1.29, 1.82) is 5.26 Å². The van der Waals surface area contributed by atoms with E-state index in [9.17, 15) is 0 Å². The zero-order valence-electron chi connectivity index (χ0n) is 11.0. The van der Waals surface area contributed by atoms with Gasteiger partial charge in [0.25, 0.3) is 0 Å². The molecular weight excluding hydrogens is 236 g/mol. The highest BCUT2D eigenvalue weighted by Gasteiger charge is 2.01. The highest BCUT2D eigenvalue weighted by Crippen LogP contribution is 2.23. The Morgan fingerprint density at radius 3 is 2.21 bits per heavy atom. The van der Waals surface area contributed by atoms with E-state index in [1.807, 2.05) is 55.4 Å². The van der Waals surface area contributed by atoms with Crippen molar-refractivity contribution in [3.8, 4) is 6.07 Å². The number of hydrogen-bond donors (Lipinski definition) is 2. The summed E-state index contributed by atoms with van der Waals surface area (Å²) in [4.78, 5) is 2.05. The third kappa shape index (κ3) is 2.96. The molecule has 4 nitrogen and oxygen atoms in total. The Balaban J connectivity index is 2.17. The Kier molecular flexibility index (Phi) is 3.58. The van der Waals surface area contributed by atoms with Gasteiger partial charge in [-0.05, 0) is 42.5 Å². The van der Waals surface area contributed by atoms with Gasteiger partial charge in [0.1, 0.15) is 6.07 Å². The predicted molar refractivity (Wildman–Crippen MR) is 79.6 cm³/mol. The zero-order valence-corrected chi connectivity index (χ0v) is 11.0. The van der Waals surface area contributed by atoms with Crippen molar-refractivity contribution >= 4 is 22.7 Å². The van der Waals surface area contributed by atoms with Gasteiger partial charge >= 0.3 is 0 Å². The minimum absolute atomic E-state index is 0.484. The van der Waals surface area contributed by atoms with Crippen LogP contribution in [-0.4, -0.2) is 14.1 Å². The summed E-state index contributed by atoms with van der Waals surface area (Å²) in [5.41, 5.74) is 9.75. The molecule has 0 unspecified atom stereocenters. The Morgan fingerprint density at radius 1 is 1.05 bits per heavy atom. The van der Waals surface area contributed by atoms with Crippen LogP contribution in [0.4, 0.5) is 22.7 Å². The van der Waals surface area contributed by atoms with E-state index in [4.69, 9.17) is 11.0 Å². The molecule has 0 radical (unpaired) electrons. The maximum absolute atomic E-state index is 8.83. The first kappa shape index (κ1) is 12.8. The summed E-state index contributed by atoms with van der Waals surface area (Å²) < 4.78 is 0. The highest BCUT2D eigenvalue weighted by molar-refractivity contribution is 5.68. The van der Waals surface area contributed by atoms with Gasteiger partial charge in [-0.2, -0.15) is 5.26 Å². The predicted octanol–water partition coefficient (Wildman–Crippen LogP) is 2.95. The van der Waals surface area contributed by atoms with E-state index in [2.05, 4.69) is 5.32 Å². The number of nitrogens with one attached hydrogen (secondary N) is 1. The van der Waals surface area contributed by atoms with Gasteiger partial charge in [0.05, 0.1) is 11.3 Å². The lowest BCUT2D eigenvalue weighted by Gasteiger charge is -2.13. The molecule has 96 valence electrons. The molecule has 3 N–H and O–H groups in total. The summed E-state index contributed by atoms with van der Waals surface area (Å²) in [5, 5.41) is 12.1. The molecule has 0 fully saturated rings. The maximum Gasteiger partial charge on any atom is 0.101 e. The molecule has 0 saturated heterocycles. The lowest BCUT2D eigenvalue weighted by molar-refractivity contribution is 1.13. The monoisotopic (exact) mass is 252 g/mol. The van der Waals surface area contributed by atoms with Gasteiger partial charge in [-0.3, -0.25) is 0 Å². The van der Waals surface area contributed by atoms with Crippen molar-refractivity contribution in [2.75, 3.05) is 30.0 Å². The number of nitrogen functional groups attached to an aromatic ring is 1. The topological polar surface area (TPSA) is 65.1 Å². The SMILES string of the molecule is CN(C)c1ccc(Nc2ccc(C#N)c(N)c2)cc1. The fourth-order valence-corrected chi connectivity index (χ4v) is 1.75. The van der Waals surface area contributed by atoms with Crippen LogP contribution in [0.15, 0.2) is 42.5 Å². The lowest BCUT2D eigenvalue weighted by Crippen LogP contribution is -2.08. The number of anilines is 4. The lowest BCUT2D eigenvalue weighted by atomic mass is 10.1. The Morgan fingerprint density at radius 2 is 1.68 bits per heavy atom. The Labute approximate surface area is 113 Å². The van der Waals surface area contributed by atoms with Crippen LogP contribution in [-0.2, 0) is 0 Å². The van der Waals surface area contributed by atoms with E-state index in [1.54, 1.807) is 12.1 Å². The van der Waals surface area contributed by atoms with E-state index in [0.29, 0.717) is 11.3 Å². The molecule has 0 aliphatic rings. The van der Waals surface area contributed by atoms with Gasteiger partial charge in [-0.25, -0.2) is 0 Å². The molecule has 0 spiro atoms. The second-order valence-electron chi connectivity index (χ2n) is 4.48. The first-order chi connectivity index (χ1) is 9.10. The quantitative estimate of drug-likeness (QED) is 0.824. The van der Waals surface area contributed by atoms with Crippen molar-refractivity contribution in [3.05, 3.63) is 48.0 Å². The Bertz CT molecular complexity index is 609. The van der Waals surface area contributed by atoms with Crippen molar-refractivity contribution < 1.29 is 0 Å². The molecule has 19 heavy (non-hydrogen) atoms. The van der Waals surface area contributed by atoms with E-state index in [0.717, 1.165) is 17.1 Å². The molecule has 2 aromatic rings. The molecule has 2 aromatic carbocycles. The number of nitriles is 1. The molecule has 2 rings (SSSR count). The largest absolute Gasteiger partial charge is 0.398 e. The minimum atomic E-state index is 0.484. The van der Waals surface area contributed by atoms with Crippen LogP contribution in [0.5, 0.6) is 0 Å². The Hall–Kier alpha value is -2.67. The highest BCUT2D eigenvalue weighted by atomic mass is 15.1. The normalized spacial score (nSPS) is 9.74. The van der Waals surface area contributed by atoms with Crippen LogP contribution in [0.3, 0.4) is 0 Å². The van der Waals surface area contributed by atoms with Crippen LogP contribution in [0.2, 0.25) is 0 Å². The maximum atomic E-state index is 8.83. The summed E-state index contributed by atoms with van der Waals surface area (Å²) >= 11 is 0. The molecule has 0 bridgehead atoms. The van der Waals surface area contributed by atoms with Crippen LogP contribution in [0, 0.1) is 11.3 Å². The molecular formula is C15H16N4. The summed E-state index contributed by atoms with van der Waals surface area (Å²) in [6, 6.07) is 15.4. The second kappa shape index (κ2) is 5.32. The van der Waals surface area contributed by atoms with Crippen LogP contribution in [0.25, 0.3) is 0 Å². The fourth-order valence-electron chi connectivity index (χ4n) is 1.75. The summed E-state index contributed by atoms with van der Waals surface area (Å²) in [6.45, 7) is 0.